The third kappa shape index (κ3) is 3.01. The van der Waals surface area contributed by atoms with E-state index in [1.165, 1.54) is 0 Å². The van der Waals surface area contributed by atoms with Gasteiger partial charge in [0.05, 0.1) is 0 Å². The maximum atomic E-state index is 12.9. The van der Waals surface area contributed by atoms with Gasteiger partial charge in [-0.25, -0.2) is 0 Å². The number of hydrogen-bond donors (Lipinski definition) is 1. The van der Waals surface area contributed by atoms with E-state index in [0.717, 1.165) is 23.1 Å². The number of carbonyl (C=O) groups is 2. The van der Waals surface area contributed by atoms with Crippen molar-refractivity contribution >= 4 is 22.7 Å². The molecule has 24 heavy (non-hydrogen) atoms. The minimum Gasteiger partial charge on any atom is -0.357 e. The van der Waals surface area contributed by atoms with E-state index in [-0.39, 0.29) is 18.4 Å². The van der Waals surface area contributed by atoms with Crippen LogP contribution in [0, 0.1) is 6.92 Å². The fourth-order valence-corrected chi connectivity index (χ4v) is 3.39. The van der Waals surface area contributed by atoms with Gasteiger partial charge in [-0.1, -0.05) is 18.2 Å². The largest absolute Gasteiger partial charge is 0.357 e. The summed E-state index contributed by atoms with van der Waals surface area (Å²) in [6.45, 7) is 4.19. The zero-order valence-corrected chi connectivity index (χ0v) is 14.5. The Hall–Kier alpha value is -2.34. The van der Waals surface area contributed by atoms with Crippen LogP contribution < -0.4 is 5.32 Å². The van der Waals surface area contributed by atoms with Crippen LogP contribution in [0.25, 0.3) is 10.9 Å². The second-order valence-electron chi connectivity index (χ2n) is 6.41. The molecule has 1 aromatic carbocycles. The van der Waals surface area contributed by atoms with Gasteiger partial charge in [-0.05, 0) is 31.5 Å². The number of para-hydroxylation sites is 1. The molecular weight excluding hydrogens is 304 g/mol. The Labute approximate surface area is 142 Å². The van der Waals surface area contributed by atoms with Crippen molar-refractivity contribution in [1.82, 2.24) is 19.7 Å². The third-order valence-corrected chi connectivity index (χ3v) is 4.76. The number of piperazine rings is 1. The standard InChI is InChI=1S/C18H24N4O2/c1-13-10-14-6-4-5-7-15(14)22(13)12-17(23)21-9-8-20(3)11-16(21)18(24)19-2/h4-7,10,16H,8-9,11-12H2,1-3H3,(H,19,24)/t16-/m0/s1. The molecule has 0 bridgehead atoms. The Bertz CT molecular complexity index is 767. The van der Waals surface area contributed by atoms with Crippen LogP contribution in [0.5, 0.6) is 0 Å². The smallest absolute Gasteiger partial charge is 0.243 e. The van der Waals surface area contributed by atoms with Gasteiger partial charge in [0.2, 0.25) is 11.8 Å². The Morgan fingerprint density at radius 1 is 1.25 bits per heavy atom. The average molecular weight is 328 g/mol. The molecule has 1 fully saturated rings. The van der Waals surface area contributed by atoms with Crippen molar-refractivity contribution in [2.75, 3.05) is 33.7 Å². The first-order valence-electron chi connectivity index (χ1n) is 8.25. The summed E-state index contributed by atoms with van der Waals surface area (Å²) in [6, 6.07) is 9.70. The Morgan fingerprint density at radius 3 is 2.75 bits per heavy atom. The normalized spacial score (nSPS) is 18.8. The fraction of sp³-hybridized carbons (Fsp3) is 0.444. The van der Waals surface area contributed by atoms with Crippen molar-refractivity contribution in [2.24, 2.45) is 0 Å². The van der Waals surface area contributed by atoms with Crippen LogP contribution in [0.3, 0.4) is 0 Å². The zero-order valence-electron chi connectivity index (χ0n) is 14.5. The van der Waals surface area contributed by atoms with Gasteiger partial charge >= 0.3 is 0 Å². The van der Waals surface area contributed by atoms with E-state index >= 15 is 0 Å². The van der Waals surface area contributed by atoms with Gasteiger partial charge in [0, 0.05) is 37.9 Å². The highest BCUT2D eigenvalue weighted by molar-refractivity contribution is 5.89. The molecule has 1 aliphatic heterocycles. The van der Waals surface area contributed by atoms with Crippen molar-refractivity contribution in [2.45, 2.75) is 19.5 Å². The molecule has 6 nitrogen and oxygen atoms in total. The first-order chi connectivity index (χ1) is 11.5. The van der Waals surface area contributed by atoms with E-state index in [9.17, 15) is 9.59 Å². The first-order valence-corrected chi connectivity index (χ1v) is 8.25. The average Bonchev–Trinajstić information content (AvgIpc) is 2.89. The first kappa shape index (κ1) is 16.5. The van der Waals surface area contributed by atoms with Crippen LogP contribution in [0.2, 0.25) is 0 Å². The molecule has 1 N–H and O–H groups in total. The summed E-state index contributed by atoms with van der Waals surface area (Å²) < 4.78 is 2.02. The molecule has 0 aliphatic carbocycles. The summed E-state index contributed by atoms with van der Waals surface area (Å²) in [5, 5.41) is 3.80. The van der Waals surface area contributed by atoms with Crippen LogP contribution >= 0.6 is 0 Å². The highest BCUT2D eigenvalue weighted by atomic mass is 16.2. The number of fused-ring (bicyclic) bond motifs is 1. The third-order valence-electron chi connectivity index (χ3n) is 4.76. The van der Waals surface area contributed by atoms with E-state index < -0.39 is 6.04 Å². The zero-order chi connectivity index (χ0) is 17.3. The summed E-state index contributed by atoms with van der Waals surface area (Å²) in [4.78, 5) is 28.9. The summed E-state index contributed by atoms with van der Waals surface area (Å²) >= 11 is 0. The van der Waals surface area contributed by atoms with Crippen LogP contribution in [0.4, 0.5) is 0 Å². The van der Waals surface area contributed by atoms with E-state index in [2.05, 4.69) is 16.3 Å². The van der Waals surface area contributed by atoms with Gasteiger partial charge in [-0.3, -0.25) is 9.59 Å². The molecule has 3 rings (SSSR count). The molecule has 0 saturated carbocycles. The van der Waals surface area contributed by atoms with Crippen LogP contribution in [-0.4, -0.2) is 66.0 Å². The maximum absolute atomic E-state index is 12.9. The van der Waals surface area contributed by atoms with Gasteiger partial charge in [0.25, 0.3) is 0 Å². The van der Waals surface area contributed by atoms with Crippen molar-refractivity contribution in [3.05, 3.63) is 36.0 Å². The summed E-state index contributed by atoms with van der Waals surface area (Å²) in [5.41, 5.74) is 2.10. The SMILES string of the molecule is CNC(=O)[C@@H]1CN(C)CCN1C(=O)Cn1c(C)cc2ccccc21. The minimum atomic E-state index is -0.427. The molecule has 2 heterocycles. The number of aromatic nitrogens is 1. The summed E-state index contributed by atoms with van der Waals surface area (Å²) in [7, 11) is 3.59. The number of carbonyl (C=O) groups excluding carboxylic acids is 2. The topological polar surface area (TPSA) is 57.6 Å². The molecule has 1 aromatic heterocycles. The van der Waals surface area contributed by atoms with Crippen molar-refractivity contribution < 1.29 is 9.59 Å². The molecule has 128 valence electrons. The van der Waals surface area contributed by atoms with Crippen LogP contribution in [-0.2, 0) is 16.1 Å². The Balaban J connectivity index is 1.85. The lowest BCUT2D eigenvalue weighted by atomic mass is 10.1. The van der Waals surface area contributed by atoms with E-state index in [0.29, 0.717) is 13.1 Å². The van der Waals surface area contributed by atoms with Gasteiger partial charge in [0.15, 0.2) is 0 Å². The molecule has 1 saturated heterocycles. The summed E-state index contributed by atoms with van der Waals surface area (Å²) in [5.74, 6) is -0.120. The van der Waals surface area contributed by atoms with Crippen LogP contribution in [0.1, 0.15) is 5.69 Å². The number of hydrogen-bond acceptors (Lipinski definition) is 3. The number of aryl methyl sites for hydroxylation is 1. The molecule has 0 spiro atoms. The molecule has 2 aromatic rings. The number of likely N-dealkylation sites (N-methyl/N-ethyl adjacent to an activating group) is 2. The number of nitrogens with zero attached hydrogens (tertiary/aromatic N) is 3. The molecule has 0 radical (unpaired) electrons. The van der Waals surface area contributed by atoms with Crippen molar-refractivity contribution in [1.29, 1.82) is 0 Å². The number of benzene rings is 1. The fourth-order valence-electron chi connectivity index (χ4n) is 3.39. The Kier molecular flexibility index (Phi) is 4.57. The monoisotopic (exact) mass is 328 g/mol. The van der Waals surface area contributed by atoms with E-state index in [1.807, 2.05) is 42.8 Å². The highest BCUT2D eigenvalue weighted by Crippen LogP contribution is 2.20. The molecule has 2 amide bonds. The number of amides is 2. The maximum Gasteiger partial charge on any atom is 0.243 e. The molecular formula is C18H24N4O2. The Morgan fingerprint density at radius 2 is 2.00 bits per heavy atom. The lowest BCUT2D eigenvalue weighted by molar-refractivity contribution is -0.143. The van der Waals surface area contributed by atoms with Crippen molar-refractivity contribution in [3.63, 3.8) is 0 Å². The predicted octanol–water partition coefficient (Wildman–Crippen LogP) is 0.838. The van der Waals surface area contributed by atoms with Gasteiger partial charge in [-0.15, -0.1) is 0 Å². The molecule has 1 atom stereocenters. The molecule has 6 heteroatoms. The minimum absolute atomic E-state index is 0.0128. The predicted molar refractivity (Wildman–Crippen MR) is 93.7 cm³/mol. The van der Waals surface area contributed by atoms with Gasteiger partial charge in [0.1, 0.15) is 12.6 Å². The van der Waals surface area contributed by atoms with E-state index in [1.54, 1.807) is 11.9 Å². The lowest BCUT2D eigenvalue weighted by Crippen LogP contribution is -2.60. The second kappa shape index (κ2) is 6.65. The van der Waals surface area contributed by atoms with Gasteiger partial charge in [-0.2, -0.15) is 0 Å². The quantitative estimate of drug-likeness (QED) is 0.908. The van der Waals surface area contributed by atoms with Crippen LogP contribution in [0.15, 0.2) is 30.3 Å². The highest BCUT2D eigenvalue weighted by Gasteiger charge is 2.33. The summed E-state index contributed by atoms with van der Waals surface area (Å²) in [6.07, 6.45) is 0. The number of rotatable bonds is 3. The van der Waals surface area contributed by atoms with E-state index in [4.69, 9.17) is 0 Å². The van der Waals surface area contributed by atoms with Crippen molar-refractivity contribution in [3.8, 4) is 0 Å². The van der Waals surface area contributed by atoms with Gasteiger partial charge < -0.3 is 19.7 Å². The number of nitrogens with one attached hydrogen (secondary N) is 1. The lowest BCUT2D eigenvalue weighted by Gasteiger charge is -2.39. The molecule has 0 unspecified atom stereocenters. The molecule has 1 aliphatic rings. The second-order valence-corrected chi connectivity index (χ2v) is 6.41.